The normalized spacial score (nSPS) is 19.0. The zero-order valence-electron chi connectivity index (χ0n) is 12.9. The predicted molar refractivity (Wildman–Crippen MR) is 91.7 cm³/mol. The summed E-state index contributed by atoms with van der Waals surface area (Å²) in [6, 6.07) is 8.05. The molecule has 1 saturated heterocycles. The van der Waals surface area contributed by atoms with Gasteiger partial charge in [-0.2, -0.15) is 0 Å². The third-order valence-electron chi connectivity index (χ3n) is 4.35. The lowest BCUT2D eigenvalue weighted by atomic mass is 10.1. The zero-order valence-corrected chi connectivity index (χ0v) is 14.5. The van der Waals surface area contributed by atoms with Crippen LogP contribution in [0.4, 0.5) is 0 Å². The third-order valence-corrected chi connectivity index (χ3v) is 4.88. The lowest BCUT2D eigenvalue weighted by Gasteiger charge is -2.14. The van der Waals surface area contributed by atoms with E-state index in [0.717, 1.165) is 54.1 Å². The van der Waals surface area contributed by atoms with Crippen molar-refractivity contribution >= 4 is 15.9 Å². The fourth-order valence-corrected chi connectivity index (χ4v) is 3.21. The Bertz CT molecular complexity index is 623. The minimum atomic E-state index is 0.664. The fraction of sp³-hybridized carbons (Fsp3) is 0.471. The van der Waals surface area contributed by atoms with Crippen LogP contribution in [0.1, 0.15) is 17.9 Å². The molecule has 1 aliphatic rings. The summed E-state index contributed by atoms with van der Waals surface area (Å²) in [6.07, 6.45) is 2.15. The smallest absolute Gasteiger partial charge is 0.226 e. The number of hydrogen-bond acceptors (Lipinski definition) is 4. The molecule has 0 bridgehead atoms. The summed E-state index contributed by atoms with van der Waals surface area (Å²) in [5.74, 6) is 2.30. The molecule has 0 radical (unpaired) electrons. The molecule has 2 N–H and O–H groups in total. The molecule has 1 fully saturated rings. The van der Waals surface area contributed by atoms with Crippen LogP contribution in [0, 0.1) is 12.8 Å². The van der Waals surface area contributed by atoms with Crippen LogP contribution in [-0.4, -0.2) is 36.1 Å². The van der Waals surface area contributed by atoms with E-state index in [0.29, 0.717) is 11.8 Å². The first kappa shape index (κ1) is 15.7. The van der Waals surface area contributed by atoms with Gasteiger partial charge < -0.3 is 15.1 Å². The first-order chi connectivity index (χ1) is 10.7. The molecule has 118 valence electrons. The SMILES string of the molecule is Cc1oc(-c2ccc(Br)cc2)nc1CCN1CCC(CN)C1. The first-order valence-corrected chi connectivity index (χ1v) is 8.59. The second-order valence-electron chi connectivity index (χ2n) is 5.97. The van der Waals surface area contributed by atoms with Crippen LogP contribution in [0.2, 0.25) is 0 Å². The van der Waals surface area contributed by atoms with Crippen LogP contribution >= 0.6 is 15.9 Å². The van der Waals surface area contributed by atoms with E-state index in [9.17, 15) is 0 Å². The van der Waals surface area contributed by atoms with E-state index < -0.39 is 0 Å². The number of aryl methyl sites for hydroxylation is 1. The molecule has 1 atom stereocenters. The van der Waals surface area contributed by atoms with Gasteiger partial charge in [-0.05, 0) is 56.6 Å². The molecule has 0 saturated carbocycles. The molecule has 3 rings (SSSR count). The van der Waals surface area contributed by atoms with Crippen LogP contribution in [-0.2, 0) is 6.42 Å². The van der Waals surface area contributed by atoms with Crippen molar-refractivity contribution in [1.82, 2.24) is 9.88 Å². The van der Waals surface area contributed by atoms with Crippen molar-refractivity contribution < 1.29 is 4.42 Å². The van der Waals surface area contributed by atoms with Crippen LogP contribution in [0.5, 0.6) is 0 Å². The summed E-state index contributed by atoms with van der Waals surface area (Å²) in [5.41, 5.74) is 7.83. The van der Waals surface area contributed by atoms with Gasteiger partial charge in [0.05, 0.1) is 5.69 Å². The van der Waals surface area contributed by atoms with Gasteiger partial charge in [0.25, 0.3) is 0 Å². The second-order valence-corrected chi connectivity index (χ2v) is 6.89. The Kier molecular flexibility index (Phi) is 4.96. The molecule has 1 unspecified atom stereocenters. The average molecular weight is 364 g/mol. The lowest BCUT2D eigenvalue weighted by Crippen LogP contribution is -2.25. The van der Waals surface area contributed by atoms with Gasteiger partial charge in [-0.3, -0.25) is 0 Å². The van der Waals surface area contributed by atoms with E-state index in [2.05, 4.69) is 25.8 Å². The first-order valence-electron chi connectivity index (χ1n) is 7.80. The van der Waals surface area contributed by atoms with Crippen LogP contribution in [0.3, 0.4) is 0 Å². The number of nitrogens with zero attached hydrogens (tertiary/aromatic N) is 2. The molecule has 4 nitrogen and oxygen atoms in total. The van der Waals surface area contributed by atoms with Crippen molar-refractivity contribution in [1.29, 1.82) is 0 Å². The Labute approximate surface area is 139 Å². The molecule has 5 heteroatoms. The number of halogens is 1. The highest BCUT2D eigenvalue weighted by atomic mass is 79.9. The van der Waals surface area contributed by atoms with Crippen molar-refractivity contribution in [3.05, 3.63) is 40.2 Å². The quantitative estimate of drug-likeness (QED) is 0.885. The van der Waals surface area contributed by atoms with Crippen LogP contribution < -0.4 is 5.73 Å². The molecular weight excluding hydrogens is 342 g/mol. The number of oxazole rings is 1. The molecule has 0 spiro atoms. The number of likely N-dealkylation sites (tertiary alicyclic amines) is 1. The topological polar surface area (TPSA) is 55.3 Å². The fourth-order valence-electron chi connectivity index (χ4n) is 2.95. The number of benzene rings is 1. The highest BCUT2D eigenvalue weighted by Gasteiger charge is 2.21. The summed E-state index contributed by atoms with van der Waals surface area (Å²) in [5, 5.41) is 0. The molecule has 0 amide bonds. The van der Waals surface area contributed by atoms with E-state index in [1.54, 1.807) is 0 Å². The molecule has 1 aromatic heterocycles. The third kappa shape index (κ3) is 3.59. The molecule has 1 aliphatic heterocycles. The van der Waals surface area contributed by atoms with E-state index in [1.165, 1.54) is 6.42 Å². The van der Waals surface area contributed by atoms with Crippen LogP contribution in [0.15, 0.2) is 33.2 Å². The maximum atomic E-state index is 5.83. The van der Waals surface area contributed by atoms with Gasteiger partial charge in [0.2, 0.25) is 5.89 Å². The Morgan fingerprint density at radius 2 is 2.14 bits per heavy atom. The number of nitrogens with two attached hydrogens (primary N) is 1. The molecular formula is C17H22BrN3O. The van der Waals surface area contributed by atoms with E-state index in [-0.39, 0.29) is 0 Å². The Balaban J connectivity index is 1.64. The van der Waals surface area contributed by atoms with Crippen molar-refractivity contribution in [2.24, 2.45) is 11.7 Å². The summed E-state index contributed by atoms with van der Waals surface area (Å²) in [7, 11) is 0. The Morgan fingerprint density at radius 1 is 1.36 bits per heavy atom. The van der Waals surface area contributed by atoms with Crippen molar-refractivity contribution in [3.8, 4) is 11.5 Å². The summed E-state index contributed by atoms with van der Waals surface area (Å²) >= 11 is 3.45. The number of aromatic nitrogens is 1. The van der Waals surface area contributed by atoms with Crippen LogP contribution in [0.25, 0.3) is 11.5 Å². The lowest BCUT2D eigenvalue weighted by molar-refractivity contribution is 0.328. The van der Waals surface area contributed by atoms with Gasteiger partial charge in [-0.15, -0.1) is 0 Å². The van der Waals surface area contributed by atoms with Gasteiger partial charge in [0, 0.05) is 29.5 Å². The monoisotopic (exact) mass is 363 g/mol. The molecule has 22 heavy (non-hydrogen) atoms. The molecule has 0 aliphatic carbocycles. The predicted octanol–water partition coefficient (Wildman–Crippen LogP) is 3.24. The van der Waals surface area contributed by atoms with Gasteiger partial charge in [-0.1, -0.05) is 15.9 Å². The van der Waals surface area contributed by atoms with Crippen molar-refractivity contribution in [3.63, 3.8) is 0 Å². The van der Waals surface area contributed by atoms with Gasteiger partial charge in [0.1, 0.15) is 5.76 Å². The number of hydrogen-bond donors (Lipinski definition) is 1. The van der Waals surface area contributed by atoms with Gasteiger partial charge >= 0.3 is 0 Å². The highest BCUT2D eigenvalue weighted by Crippen LogP contribution is 2.24. The summed E-state index contributed by atoms with van der Waals surface area (Å²) in [4.78, 5) is 7.15. The van der Waals surface area contributed by atoms with E-state index in [1.807, 2.05) is 31.2 Å². The second kappa shape index (κ2) is 6.94. The molecule has 2 aromatic rings. The minimum Gasteiger partial charge on any atom is -0.441 e. The Hall–Kier alpha value is -1.17. The van der Waals surface area contributed by atoms with Crippen molar-refractivity contribution in [2.45, 2.75) is 19.8 Å². The minimum absolute atomic E-state index is 0.664. The van der Waals surface area contributed by atoms with E-state index >= 15 is 0 Å². The largest absolute Gasteiger partial charge is 0.441 e. The maximum Gasteiger partial charge on any atom is 0.226 e. The van der Waals surface area contributed by atoms with E-state index in [4.69, 9.17) is 10.2 Å². The Morgan fingerprint density at radius 3 is 2.82 bits per heavy atom. The van der Waals surface area contributed by atoms with Gasteiger partial charge in [-0.25, -0.2) is 4.98 Å². The highest BCUT2D eigenvalue weighted by molar-refractivity contribution is 9.10. The van der Waals surface area contributed by atoms with Crippen molar-refractivity contribution in [2.75, 3.05) is 26.2 Å². The zero-order chi connectivity index (χ0) is 15.5. The van der Waals surface area contributed by atoms with Gasteiger partial charge in [0.15, 0.2) is 0 Å². The standard InChI is InChI=1S/C17H22BrN3O/c1-12-16(7-9-21-8-6-13(10-19)11-21)20-17(22-12)14-2-4-15(18)5-3-14/h2-5,13H,6-11,19H2,1H3. The summed E-state index contributed by atoms with van der Waals surface area (Å²) in [6.45, 7) is 6.10. The summed E-state index contributed by atoms with van der Waals surface area (Å²) < 4.78 is 6.89. The molecule has 1 aromatic carbocycles. The maximum absolute atomic E-state index is 5.83. The molecule has 2 heterocycles. The average Bonchev–Trinajstić information content (AvgIpc) is 3.12. The number of rotatable bonds is 5.